The molecule has 0 radical (unpaired) electrons. The molecule has 0 spiro atoms. The molecule has 5 nitrogen and oxygen atoms in total. The molecule has 0 N–H and O–H groups in total. The van der Waals surface area contributed by atoms with Crippen molar-refractivity contribution in [3.8, 4) is 5.69 Å². The lowest BCUT2D eigenvalue weighted by atomic mass is 10.1. The number of carbonyl (C=O) groups is 1. The van der Waals surface area contributed by atoms with Crippen LogP contribution in [0.1, 0.15) is 10.5 Å². The number of aromatic nitrogens is 2. The Hall–Kier alpha value is -3.09. The predicted molar refractivity (Wildman–Crippen MR) is 83.6 cm³/mol. The Kier molecular flexibility index (Phi) is 4.33. The van der Waals surface area contributed by atoms with Crippen LogP contribution in [0.4, 0.5) is 8.78 Å². The Balaban J connectivity index is 2.19. The number of hydrogen-bond acceptors (Lipinski definition) is 4. The third-order valence-electron chi connectivity index (χ3n) is 3.34. The number of fused-ring (bicyclic) bond motifs is 1. The third-order valence-corrected chi connectivity index (χ3v) is 3.34. The summed E-state index contributed by atoms with van der Waals surface area (Å²) in [6.45, 7) is -1.03. The van der Waals surface area contributed by atoms with Crippen LogP contribution in [0.5, 0.6) is 0 Å². The van der Waals surface area contributed by atoms with Crippen molar-refractivity contribution in [3.05, 3.63) is 70.6 Å². The highest BCUT2D eigenvalue weighted by Gasteiger charge is 2.19. The van der Waals surface area contributed by atoms with E-state index in [-0.39, 0.29) is 16.5 Å². The lowest BCUT2D eigenvalue weighted by Gasteiger charge is -2.10. The molecule has 2 aromatic carbocycles. The zero-order chi connectivity index (χ0) is 17.1. The van der Waals surface area contributed by atoms with Crippen LogP contribution in [0, 0.1) is 0 Å². The van der Waals surface area contributed by atoms with Crippen molar-refractivity contribution in [2.24, 2.45) is 0 Å². The minimum Gasteiger partial charge on any atom is -0.455 e. The van der Waals surface area contributed by atoms with Gasteiger partial charge in [-0.3, -0.25) is 4.79 Å². The maximum absolute atomic E-state index is 12.6. The van der Waals surface area contributed by atoms with E-state index in [0.717, 1.165) is 4.68 Å². The predicted octanol–water partition coefficient (Wildman–Crippen LogP) is 2.81. The zero-order valence-electron chi connectivity index (χ0n) is 12.4. The van der Waals surface area contributed by atoms with Crippen molar-refractivity contribution in [2.75, 3.05) is 6.61 Å². The number of esters is 1. The normalized spacial score (nSPS) is 11.0. The largest absolute Gasteiger partial charge is 0.455 e. The molecule has 0 amide bonds. The van der Waals surface area contributed by atoms with Crippen molar-refractivity contribution in [3.63, 3.8) is 0 Å². The fourth-order valence-corrected chi connectivity index (χ4v) is 2.29. The number of para-hydroxylation sites is 1. The standard InChI is InChI=1S/C17H12F2N2O3/c18-14(19)10-24-17(23)15-12-8-4-5-9-13(12)16(22)21(20-15)11-6-2-1-3-7-11/h1-9,14H,10H2. The van der Waals surface area contributed by atoms with Gasteiger partial charge in [-0.25, -0.2) is 13.6 Å². The second-order valence-electron chi connectivity index (χ2n) is 4.94. The highest BCUT2D eigenvalue weighted by molar-refractivity contribution is 6.02. The van der Waals surface area contributed by atoms with E-state index in [1.54, 1.807) is 48.5 Å². The molecule has 0 saturated heterocycles. The zero-order valence-corrected chi connectivity index (χ0v) is 12.4. The van der Waals surface area contributed by atoms with Gasteiger partial charge in [0.1, 0.15) is 0 Å². The molecule has 0 aliphatic carbocycles. The molecule has 0 fully saturated rings. The Bertz CT molecular complexity index is 939. The van der Waals surface area contributed by atoms with Gasteiger partial charge in [-0.05, 0) is 18.2 Å². The molecule has 122 valence electrons. The summed E-state index contributed by atoms with van der Waals surface area (Å²) < 4.78 is 30.2. The molecule has 3 aromatic rings. The topological polar surface area (TPSA) is 61.2 Å². The van der Waals surface area contributed by atoms with Gasteiger partial charge in [0.2, 0.25) is 0 Å². The maximum Gasteiger partial charge on any atom is 0.359 e. The van der Waals surface area contributed by atoms with Crippen LogP contribution in [0.2, 0.25) is 0 Å². The maximum atomic E-state index is 12.6. The van der Waals surface area contributed by atoms with Gasteiger partial charge in [-0.2, -0.15) is 9.78 Å². The highest BCUT2D eigenvalue weighted by Crippen LogP contribution is 2.16. The Labute approximate surface area is 135 Å². The third kappa shape index (κ3) is 3.01. The Morgan fingerprint density at radius 1 is 1.04 bits per heavy atom. The summed E-state index contributed by atoms with van der Waals surface area (Å²) in [5.74, 6) is -1.00. The Morgan fingerprint density at radius 2 is 1.67 bits per heavy atom. The first-order valence-corrected chi connectivity index (χ1v) is 7.10. The van der Waals surface area contributed by atoms with Gasteiger partial charge >= 0.3 is 5.97 Å². The molecule has 7 heteroatoms. The fraction of sp³-hybridized carbons (Fsp3) is 0.118. The molecule has 24 heavy (non-hydrogen) atoms. The van der Waals surface area contributed by atoms with E-state index in [2.05, 4.69) is 9.84 Å². The summed E-state index contributed by atoms with van der Waals surface area (Å²) in [6, 6.07) is 14.8. The first kappa shape index (κ1) is 15.8. The monoisotopic (exact) mass is 330 g/mol. The van der Waals surface area contributed by atoms with Crippen LogP contribution >= 0.6 is 0 Å². The number of ether oxygens (including phenoxy) is 1. The van der Waals surface area contributed by atoms with Crippen LogP contribution in [0.25, 0.3) is 16.5 Å². The first-order chi connectivity index (χ1) is 11.6. The summed E-state index contributed by atoms with van der Waals surface area (Å²) in [6.07, 6.45) is -2.78. The minimum absolute atomic E-state index is 0.185. The average molecular weight is 330 g/mol. The number of carbonyl (C=O) groups excluding carboxylic acids is 1. The number of halogens is 2. The summed E-state index contributed by atoms with van der Waals surface area (Å²) in [5.41, 5.74) is -0.145. The van der Waals surface area contributed by atoms with E-state index in [4.69, 9.17) is 0 Å². The van der Waals surface area contributed by atoms with Crippen LogP contribution in [0.3, 0.4) is 0 Å². The number of benzene rings is 2. The quantitative estimate of drug-likeness (QED) is 0.690. The first-order valence-electron chi connectivity index (χ1n) is 7.10. The summed E-state index contributed by atoms with van der Waals surface area (Å²) in [5, 5.41) is 4.54. The average Bonchev–Trinajstić information content (AvgIpc) is 2.61. The molecule has 0 saturated carbocycles. The lowest BCUT2D eigenvalue weighted by Crippen LogP contribution is -2.25. The molecule has 0 atom stereocenters. The summed E-state index contributed by atoms with van der Waals surface area (Å²) in [4.78, 5) is 24.7. The van der Waals surface area contributed by atoms with Crippen molar-refractivity contribution in [1.29, 1.82) is 0 Å². The second kappa shape index (κ2) is 6.57. The van der Waals surface area contributed by atoms with Crippen molar-refractivity contribution in [2.45, 2.75) is 6.43 Å². The smallest absolute Gasteiger partial charge is 0.359 e. The van der Waals surface area contributed by atoms with Gasteiger partial charge in [0.15, 0.2) is 12.3 Å². The van der Waals surface area contributed by atoms with Crippen molar-refractivity contribution < 1.29 is 18.3 Å². The van der Waals surface area contributed by atoms with Gasteiger partial charge in [0, 0.05) is 5.39 Å². The molecular formula is C17H12F2N2O3. The highest BCUT2D eigenvalue weighted by atomic mass is 19.3. The Morgan fingerprint density at radius 3 is 2.33 bits per heavy atom. The van der Waals surface area contributed by atoms with Gasteiger partial charge < -0.3 is 4.74 Å². The number of alkyl halides is 2. The van der Waals surface area contributed by atoms with Gasteiger partial charge in [0.05, 0.1) is 11.1 Å². The van der Waals surface area contributed by atoms with Crippen LogP contribution in [0.15, 0.2) is 59.4 Å². The molecular weight excluding hydrogens is 318 g/mol. The molecule has 0 aliphatic rings. The van der Waals surface area contributed by atoms with Crippen LogP contribution in [-0.2, 0) is 4.74 Å². The number of hydrogen-bond donors (Lipinski definition) is 0. The van der Waals surface area contributed by atoms with E-state index in [9.17, 15) is 18.4 Å². The lowest BCUT2D eigenvalue weighted by molar-refractivity contribution is 0.0155. The van der Waals surface area contributed by atoms with Gasteiger partial charge in [0.25, 0.3) is 12.0 Å². The van der Waals surface area contributed by atoms with E-state index >= 15 is 0 Å². The van der Waals surface area contributed by atoms with E-state index in [1.807, 2.05) is 0 Å². The molecule has 0 unspecified atom stereocenters. The van der Waals surface area contributed by atoms with Crippen LogP contribution < -0.4 is 5.56 Å². The molecule has 1 aromatic heterocycles. The minimum atomic E-state index is -2.78. The summed E-state index contributed by atoms with van der Waals surface area (Å²) >= 11 is 0. The SMILES string of the molecule is O=C(OCC(F)F)c1nn(-c2ccccc2)c(=O)c2ccccc12. The number of rotatable bonds is 4. The molecule has 0 aliphatic heterocycles. The fourth-order valence-electron chi connectivity index (χ4n) is 2.29. The van der Waals surface area contributed by atoms with Crippen molar-refractivity contribution >= 4 is 16.7 Å². The van der Waals surface area contributed by atoms with E-state index in [0.29, 0.717) is 5.69 Å². The number of nitrogens with zero attached hydrogens (tertiary/aromatic N) is 2. The van der Waals surface area contributed by atoms with E-state index in [1.165, 1.54) is 6.07 Å². The van der Waals surface area contributed by atoms with Gasteiger partial charge in [-0.1, -0.05) is 36.4 Å². The van der Waals surface area contributed by atoms with Gasteiger partial charge in [-0.15, -0.1) is 0 Å². The molecule has 3 rings (SSSR count). The summed E-state index contributed by atoms with van der Waals surface area (Å²) in [7, 11) is 0. The molecule has 0 bridgehead atoms. The second-order valence-corrected chi connectivity index (χ2v) is 4.94. The molecule has 1 heterocycles. The van der Waals surface area contributed by atoms with Crippen molar-refractivity contribution in [1.82, 2.24) is 9.78 Å². The van der Waals surface area contributed by atoms with Crippen LogP contribution in [-0.4, -0.2) is 28.8 Å². The van der Waals surface area contributed by atoms with E-state index < -0.39 is 24.6 Å².